The summed E-state index contributed by atoms with van der Waals surface area (Å²) < 4.78 is 0. The zero-order valence-corrected chi connectivity index (χ0v) is 18.6. The van der Waals surface area contributed by atoms with E-state index < -0.39 is 5.97 Å². The lowest BCUT2D eigenvalue weighted by atomic mass is 9.97. The average molecular weight is 441 g/mol. The van der Waals surface area contributed by atoms with Crippen molar-refractivity contribution >= 4 is 23.3 Å². The van der Waals surface area contributed by atoms with Gasteiger partial charge in [0.25, 0.3) is 5.91 Å². The van der Waals surface area contributed by atoms with E-state index in [0.29, 0.717) is 25.1 Å². The molecular weight excluding hydrogens is 412 g/mol. The number of carboxylic acid groups (broad SMARTS) is 1. The van der Waals surface area contributed by atoms with Crippen LogP contribution in [0.3, 0.4) is 0 Å². The number of carboxylic acids is 1. The normalized spacial score (nSPS) is 18.2. The van der Waals surface area contributed by atoms with Crippen LogP contribution < -0.4 is 4.90 Å². The lowest BCUT2D eigenvalue weighted by molar-refractivity contribution is -0.143. The number of likely N-dealkylation sites (tertiary alicyclic amines) is 1. The standard InChI is InChI=1S/C28H28N2O3/c31-27(24-12-4-1-10-22(24)18-29-17-7-11-23(19-29)28(32)33)30-25-13-5-2-8-20(25)15-16-21-9-3-6-14-26(21)30/h1-6,8-10,12-14,23H,7,11,15-19H2,(H,32,33)/t23-/m1/s1. The largest absolute Gasteiger partial charge is 0.481 e. The number of para-hydroxylation sites is 2. The molecule has 2 heterocycles. The molecule has 0 radical (unpaired) electrons. The van der Waals surface area contributed by atoms with E-state index in [1.165, 1.54) is 11.1 Å². The number of aryl methyl sites for hydroxylation is 2. The van der Waals surface area contributed by atoms with E-state index in [1.54, 1.807) is 0 Å². The highest BCUT2D eigenvalue weighted by Gasteiger charge is 2.29. The smallest absolute Gasteiger partial charge is 0.307 e. The molecule has 3 aromatic carbocycles. The predicted octanol–water partition coefficient (Wildman–Crippen LogP) is 5.06. The fourth-order valence-electron chi connectivity index (χ4n) is 5.13. The molecule has 0 bridgehead atoms. The van der Waals surface area contributed by atoms with E-state index >= 15 is 0 Å². The fourth-order valence-corrected chi connectivity index (χ4v) is 5.13. The van der Waals surface area contributed by atoms with Crippen molar-refractivity contribution in [2.75, 3.05) is 18.0 Å². The summed E-state index contributed by atoms with van der Waals surface area (Å²) in [6.07, 6.45) is 3.36. The van der Waals surface area contributed by atoms with Crippen LogP contribution in [0.4, 0.5) is 11.4 Å². The van der Waals surface area contributed by atoms with E-state index in [4.69, 9.17) is 0 Å². The maximum atomic E-state index is 14.1. The second kappa shape index (κ2) is 9.20. The van der Waals surface area contributed by atoms with Crippen LogP contribution in [-0.2, 0) is 24.2 Å². The Labute approximate surface area is 194 Å². The number of rotatable bonds is 4. The molecule has 0 saturated carbocycles. The molecular formula is C28H28N2O3. The summed E-state index contributed by atoms with van der Waals surface area (Å²) in [5, 5.41) is 9.46. The fraction of sp³-hybridized carbons (Fsp3) is 0.286. The van der Waals surface area contributed by atoms with E-state index in [2.05, 4.69) is 17.0 Å². The Hall–Kier alpha value is -3.44. The monoisotopic (exact) mass is 440 g/mol. The molecule has 5 rings (SSSR count). The third-order valence-corrected chi connectivity index (χ3v) is 6.83. The van der Waals surface area contributed by atoms with Gasteiger partial charge in [-0.25, -0.2) is 0 Å². The molecule has 2 aliphatic rings. The van der Waals surface area contributed by atoms with Gasteiger partial charge in [0.1, 0.15) is 0 Å². The third-order valence-electron chi connectivity index (χ3n) is 6.83. The van der Waals surface area contributed by atoms with Crippen molar-refractivity contribution in [3.63, 3.8) is 0 Å². The van der Waals surface area contributed by atoms with Gasteiger partial charge < -0.3 is 5.11 Å². The quantitative estimate of drug-likeness (QED) is 0.616. The van der Waals surface area contributed by atoms with Crippen LogP contribution in [0.2, 0.25) is 0 Å². The van der Waals surface area contributed by atoms with Gasteiger partial charge in [0, 0.05) is 18.7 Å². The van der Waals surface area contributed by atoms with Gasteiger partial charge in [-0.2, -0.15) is 0 Å². The van der Waals surface area contributed by atoms with Crippen molar-refractivity contribution in [1.82, 2.24) is 4.90 Å². The molecule has 1 N–H and O–H groups in total. The first-order valence-corrected chi connectivity index (χ1v) is 11.6. The van der Waals surface area contributed by atoms with Gasteiger partial charge in [0.15, 0.2) is 0 Å². The summed E-state index contributed by atoms with van der Waals surface area (Å²) in [5.41, 5.74) is 5.81. The van der Waals surface area contributed by atoms with Crippen LogP contribution >= 0.6 is 0 Å². The molecule has 0 aliphatic carbocycles. The number of carbonyl (C=O) groups is 2. The number of carbonyl (C=O) groups excluding carboxylic acids is 1. The molecule has 33 heavy (non-hydrogen) atoms. The van der Waals surface area contributed by atoms with Gasteiger partial charge in [-0.05, 0) is 67.1 Å². The average Bonchev–Trinajstić information content (AvgIpc) is 3.01. The molecule has 0 spiro atoms. The van der Waals surface area contributed by atoms with E-state index in [0.717, 1.165) is 42.7 Å². The Kier molecular flexibility index (Phi) is 5.97. The number of aliphatic carboxylic acids is 1. The third kappa shape index (κ3) is 4.29. The molecule has 5 nitrogen and oxygen atoms in total. The molecule has 2 aliphatic heterocycles. The summed E-state index contributed by atoms with van der Waals surface area (Å²) >= 11 is 0. The van der Waals surface area contributed by atoms with Crippen LogP contribution in [0.1, 0.15) is 39.9 Å². The lowest BCUT2D eigenvalue weighted by Gasteiger charge is -2.31. The molecule has 1 atom stereocenters. The van der Waals surface area contributed by atoms with Gasteiger partial charge in [0.2, 0.25) is 0 Å². The number of fused-ring (bicyclic) bond motifs is 2. The van der Waals surface area contributed by atoms with Crippen LogP contribution in [0.25, 0.3) is 0 Å². The molecule has 5 heteroatoms. The molecule has 0 unspecified atom stereocenters. The summed E-state index contributed by atoms with van der Waals surface area (Å²) in [7, 11) is 0. The van der Waals surface area contributed by atoms with Crippen LogP contribution in [-0.4, -0.2) is 35.0 Å². The Morgan fingerprint density at radius 1 is 0.848 bits per heavy atom. The maximum absolute atomic E-state index is 14.1. The minimum atomic E-state index is -0.734. The van der Waals surface area contributed by atoms with Gasteiger partial charge in [-0.1, -0.05) is 54.6 Å². The molecule has 1 amide bonds. The Bertz CT molecular complexity index is 1140. The number of anilines is 2. The zero-order chi connectivity index (χ0) is 22.8. The number of hydrogen-bond acceptors (Lipinski definition) is 3. The highest BCUT2D eigenvalue weighted by Crippen LogP contribution is 2.37. The van der Waals surface area contributed by atoms with Crippen molar-refractivity contribution in [3.8, 4) is 0 Å². The second-order valence-electron chi connectivity index (χ2n) is 8.97. The highest BCUT2D eigenvalue weighted by molar-refractivity contribution is 6.12. The van der Waals surface area contributed by atoms with Crippen LogP contribution in [0, 0.1) is 5.92 Å². The highest BCUT2D eigenvalue weighted by atomic mass is 16.4. The minimum absolute atomic E-state index is 0.0424. The minimum Gasteiger partial charge on any atom is -0.481 e. The maximum Gasteiger partial charge on any atom is 0.307 e. The first-order valence-electron chi connectivity index (χ1n) is 11.6. The van der Waals surface area contributed by atoms with E-state index in [1.807, 2.05) is 65.6 Å². The second-order valence-corrected chi connectivity index (χ2v) is 8.97. The number of amides is 1. The molecule has 0 aromatic heterocycles. The Morgan fingerprint density at radius 3 is 2.12 bits per heavy atom. The van der Waals surface area contributed by atoms with Crippen molar-refractivity contribution in [1.29, 1.82) is 0 Å². The molecule has 1 fully saturated rings. The SMILES string of the molecule is O=C(O)[C@@H]1CCCN(Cc2ccccc2C(=O)N2c3ccccc3CCc3ccccc32)C1. The summed E-state index contributed by atoms with van der Waals surface area (Å²) in [6.45, 7) is 1.94. The number of hydrogen-bond donors (Lipinski definition) is 1. The Balaban J connectivity index is 1.52. The van der Waals surface area contributed by atoms with Gasteiger partial charge in [0.05, 0.1) is 17.3 Å². The van der Waals surface area contributed by atoms with Crippen molar-refractivity contribution < 1.29 is 14.7 Å². The molecule has 168 valence electrons. The first kappa shape index (κ1) is 21.4. The van der Waals surface area contributed by atoms with E-state index in [-0.39, 0.29) is 11.8 Å². The summed E-state index contributed by atoms with van der Waals surface area (Å²) in [6, 6.07) is 24.0. The molecule has 1 saturated heterocycles. The lowest BCUT2D eigenvalue weighted by Crippen LogP contribution is -2.38. The van der Waals surface area contributed by atoms with E-state index in [9.17, 15) is 14.7 Å². The topological polar surface area (TPSA) is 60.9 Å². The predicted molar refractivity (Wildman–Crippen MR) is 129 cm³/mol. The van der Waals surface area contributed by atoms with Gasteiger partial charge in [-0.3, -0.25) is 19.4 Å². The van der Waals surface area contributed by atoms with Crippen molar-refractivity contribution in [3.05, 3.63) is 95.1 Å². The first-order chi connectivity index (χ1) is 16.1. The van der Waals surface area contributed by atoms with Crippen LogP contribution in [0.5, 0.6) is 0 Å². The summed E-state index contributed by atoms with van der Waals surface area (Å²) in [4.78, 5) is 29.7. The van der Waals surface area contributed by atoms with Gasteiger partial charge in [-0.15, -0.1) is 0 Å². The number of piperidine rings is 1. The zero-order valence-electron chi connectivity index (χ0n) is 18.6. The van der Waals surface area contributed by atoms with Crippen molar-refractivity contribution in [2.45, 2.75) is 32.2 Å². The Morgan fingerprint density at radius 2 is 1.45 bits per heavy atom. The van der Waals surface area contributed by atoms with Crippen molar-refractivity contribution in [2.24, 2.45) is 5.92 Å². The number of benzene rings is 3. The summed E-state index contributed by atoms with van der Waals surface area (Å²) in [5.74, 6) is -1.12. The van der Waals surface area contributed by atoms with Crippen LogP contribution in [0.15, 0.2) is 72.8 Å². The molecule has 3 aromatic rings. The van der Waals surface area contributed by atoms with Gasteiger partial charge >= 0.3 is 5.97 Å². The number of nitrogens with zero attached hydrogens (tertiary/aromatic N) is 2.